The third kappa shape index (κ3) is 7.75. The average molecular weight is 428 g/mol. The summed E-state index contributed by atoms with van der Waals surface area (Å²) in [4.78, 5) is 37.1. The maximum Gasteiger partial charge on any atom is 0.408 e. The van der Waals surface area contributed by atoms with E-state index < -0.39 is 36.2 Å². The smallest absolute Gasteiger partial charge is 0.408 e. The van der Waals surface area contributed by atoms with Crippen LogP contribution in [0.5, 0.6) is 0 Å². The molecule has 0 saturated carbocycles. The van der Waals surface area contributed by atoms with Crippen molar-refractivity contribution in [3.63, 3.8) is 0 Å². The van der Waals surface area contributed by atoms with Crippen molar-refractivity contribution in [1.29, 1.82) is 0 Å². The van der Waals surface area contributed by atoms with Gasteiger partial charge in [0, 0.05) is 6.42 Å². The van der Waals surface area contributed by atoms with Gasteiger partial charge in [0.15, 0.2) is 0 Å². The predicted octanol–water partition coefficient (Wildman–Crippen LogP) is 1.87. The molecule has 3 atom stereocenters. The lowest BCUT2D eigenvalue weighted by molar-refractivity contribution is -0.145. The van der Waals surface area contributed by atoms with Gasteiger partial charge in [-0.2, -0.15) is 0 Å². The number of amides is 2. The van der Waals surface area contributed by atoms with E-state index >= 15 is 0 Å². The summed E-state index contributed by atoms with van der Waals surface area (Å²) in [5.41, 5.74) is 2.62. The number of ether oxygens (including phenoxy) is 2. The second-order valence-electron chi connectivity index (χ2n) is 7.20. The Bertz CT molecular complexity index is 885. The molecule has 2 aromatic rings. The number of methoxy groups -OCH3 is 1. The van der Waals surface area contributed by atoms with Gasteiger partial charge in [-0.05, 0) is 25.0 Å². The van der Waals surface area contributed by atoms with E-state index in [2.05, 4.69) is 10.6 Å². The second-order valence-corrected chi connectivity index (χ2v) is 7.20. The highest BCUT2D eigenvalue weighted by Crippen LogP contribution is 2.09. The van der Waals surface area contributed by atoms with Crippen molar-refractivity contribution in [2.45, 2.75) is 45.1 Å². The second kappa shape index (κ2) is 11.7. The van der Waals surface area contributed by atoms with Crippen molar-refractivity contribution in [2.75, 3.05) is 7.11 Å². The van der Waals surface area contributed by atoms with Gasteiger partial charge in [0.25, 0.3) is 0 Å². The van der Waals surface area contributed by atoms with Crippen LogP contribution in [0.15, 0.2) is 54.6 Å². The van der Waals surface area contributed by atoms with Crippen molar-refractivity contribution in [1.82, 2.24) is 10.6 Å². The number of aliphatic hydroxyl groups excluding tert-OH is 1. The van der Waals surface area contributed by atoms with Crippen LogP contribution in [0.1, 0.15) is 23.6 Å². The lowest BCUT2D eigenvalue weighted by atomic mass is 10.0. The molecule has 0 heterocycles. The monoisotopic (exact) mass is 428 g/mol. The topological polar surface area (TPSA) is 114 Å². The Morgan fingerprint density at radius 1 is 1.00 bits per heavy atom. The molecule has 31 heavy (non-hydrogen) atoms. The molecule has 2 amide bonds. The molecule has 0 aliphatic heterocycles. The maximum atomic E-state index is 12.7. The lowest BCUT2D eigenvalue weighted by Crippen LogP contribution is -2.56. The van der Waals surface area contributed by atoms with Gasteiger partial charge in [-0.1, -0.05) is 60.2 Å². The van der Waals surface area contributed by atoms with Crippen molar-refractivity contribution in [3.8, 4) is 0 Å². The SMILES string of the molecule is COC(=O)[C@H](Cc1cccc(C)c1)NC(=O)[C@@H](NC(=O)OCc1ccccc1)[C@@H](C)O. The zero-order valence-corrected chi connectivity index (χ0v) is 17.8. The maximum absolute atomic E-state index is 12.7. The Hall–Kier alpha value is -3.39. The fourth-order valence-corrected chi connectivity index (χ4v) is 2.97. The Morgan fingerprint density at radius 3 is 2.29 bits per heavy atom. The van der Waals surface area contributed by atoms with Crippen LogP contribution in [-0.4, -0.2) is 48.4 Å². The van der Waals surface area contributed by atoms with E-state index in [0.717, 1.165) is 16.7 Å². The molecule has 8 nitrogen and oxygen atoms in total. The fourth-order valence-electron chi connectivity index (χ4n) is 2.97. The molecule has 0 bridgehead atoms. The summed E-state index contributed by atoms with van der Waals surface area (Å²) in [6.45, 7) is 3.29. The summed E-state index contributed by atoms with van der Waals surface area (Å²) in [7, 11) is 1.23. The van der Waals surface area contributed by atoms with E-state index in [1.54, 1.807) is 12.1 Å². The fraction of sp³-hybridized carbons (Fsp3) is 0.348. The predicted molar refractivity (Wildman–Crippen MR) is 114 cm³/mol. The van der Waals surface area contributed by atoms with Crippen LogP contribution >= 0.6 is 0 Å². The molecule has 0 aliphatic carbocycles. The number of alkyl carbamates (subject to hydrolysis) is 1. The first-order chi connectivity index (χ1) is 14.8. The summed E-state index contributed by atoms with van der Waals surface area (Å²) in [5.74, 6) is -1.36. The van der Waals surface area contributed by atoms with E-state index in [0.29, 0.717) is 0 Å². The summed E-state index contributed by atoms with van der Waals surface area (Å²) < 4.78 is 9.90. The van der Waals surface area contributed by atoms with Gasteiger partial charge in [-0.25, -0.2) is 9.59 Å². The van der Waals surface area contributed by atoms with E-state index in [1.807, 2.05) is 49.4 Å². The Morgan fingerprint density at radius 2 is 1.68 bits per heavy atom. The number of rotatable bonds is 9. The van der Waals surface area contributed by atoms with Gasteiger partial charge in [-0.3, -0.25) is 4.79 Å². The quantitative estimate of drug-likeness (QED) is 0.526. The van der Waals surface area contributed by atoms with Gasteiger partial charge in [-0.15, -0.1) is 0 Å². The molecule has 0 aromatic heterocycles. The highest BCUT2D eigenvalue weighted by molar-refractivity contribution is 5.90. The van der Waals surface area contributed by atoms with Crippen LogP contribution in [0.4, 0.5) is 4.79 Å². The standard InChI is InChI=1S/C23H28N2O6/c1-15-8-7-11-18(12-15)13-19(22(28)30-3)24-21(27)20(16(2)26)25-23(29)31-14-17-9-5-4-6-10-17/h4-12,16,19-20,26H,13-14H2,1-3H3,(H,24,27)(H,25,29)/t16-,19+,20+/m1/s1. The Kier molecular flexibility index (Phi) is 9.02. The largest absolute Gasteiger partial charge is 0.467 e. The van der Waals surface area contributed by atoms with E-state index in [-0.39, 0.29) is 13.0 Å². The molecule has 8 heteroatoms. The summed E-state index contributed by atoms with van der Waals surface area (Å²) in [6.07, 6.45) is -1.88. The lowest BCUT2D eigenvalue weighted by Gasteiger charge is -2.24. The number of aryl methyl sites for hydroxylation is 1. The molecule has 0 saturated heterocycles. The number of carbonyl (C=O) groups excluding carboxylic acids is 3. The van der Waals surface area contributed by atoms with Gasteiger partial charge >= 0.3 is 12.1 Å². The normalized spacial score (nSPS) is 13.4. The third-order valence-corrected chi connectivity index (χ3v) is 4.58. The minimum absolute atomic E-state index is 0.0129. The van der Waals surface area contributed by atoms with Crippen LogP contribution < -0.4 is 10.6 Å². The molecule has 2 rings (SSSR count). The minimum atomic E-state index is -1.31. The number of carbonyl (C=O) groups is 3. The first-order valence-corrected chi connectivity index (χ1v) is 9.89. The van der Waals surface area contributed by atoms with E-state index in [1.165, 1.54) is 14.0 Å². The first-order valence-electron chi connectivity index (χ1n) is 9.89. The van der Waals surface area contributed by atoms with Crippen molar-refractivity contribution >= 4 is 18.0 Å². The molecule has 0 unspecified atom stereocenters. The van der Waals surface area contributed by atoms with Gasteiger partial charge < -0.3 is 25.2 Å². The van der Waals surface area contributed by atoms with Crippen LogP contribution in [0.3, 0.4) is 0 Å². The summed E-state index contributed by atoms with van der Waals surface area (Å²) >= 11 is 0. The van der Waals surface area contributed by atoms with Crippen molar-refractivity contribution in [2.24, 2.45) is 0 Å². The summed E-state index contributed by atoms with van der Waals surface area (Å²) in [6, 6.07) is 14.2. The molecule has 0 spiro atoms. The van der Waals surface area contributed by atoms with Crippen molar-refractivity contribution in [3.05, 3.63) is 71.3 Å². The number of hydrogen-bond donors (Lipinski definition) is 3. The highest BCUT2D eigenvalue weighted by atomic mass is 16.5. The number of benzene rings is 2. The molecular weight excluding hydrogens is 400 g/mol. The average Bonchev–Trinajstić information content (AvgIpc) is 2.75. The van der Waals surface area contributed by atoms with Gasteiger partial charge in [0.05, 0.1) is 13.2 Å². The molecule has 0 radical (unpaired) electrons. The van der Waals surface area contributed by atoms with Gasteiger partial charge in [0.1, 0.15) is 18.7 Å². The molecular formula is C23H28N2O6. The van der Waals surface area contributed by atoms with E-state index in [4.69, 9.17) is 9.47 Å². The number of nitrogens with one attached hydrogen (secondary N) is 2. The molecule has 3 N–H and O–H groups in total. The number of aliphatic hydroxyl groups is 1. The van der Waals surface area contributed by atoms with Crippen LogP contribution in [0.25, 0.3) is 0 Å². The van der Waals surface area contributed by atoms with Gasteiger partial charge in [0.2, 0.25) is 5.91 Å². The van der Waals surface area contributed by atoms with Crippen molar-refractivity contribution < 1.29 is 29.0 Å². The van der Waals surface area contributed by atoms with Crippen LogP contribution in [0.2, 0.25) is 0 Å². The van der Waals surface area contributed by atoms with E-state index in [9.17, 15) is 19.5 Å². The molecule has 0 fully saturated rings. The molecule has 166 valence electrons. The molecule has 0 aliphatic rings. The Labute approximate surface area is 181 Å². The summed E-state index contributed by atoms with van der Waals surface area (Å²) in [5, 5.41) is 14.9. The Balaban J connectivity index is 2.02. The highest BCUT2D eigenvalue weighted by Gasteiger charge is 2.30. The minimum Gasteiger partial charge on any atom is -0.467 e. The number of hydrogen-bond acceptors (Lipinski definition) is 6. The zero-order chi connectivity index (χ0) is 22.8. The first kappa shape index (κ1) is 23.9. The van der Waals surface area contributed by atoms with Crippen LogP contribution in [-0.2, 0) is 32.1 Å². The zero-order valence-electron chi connectivity index (χ0n) is 17.8. The molecule has 2 aromatic carbocycles. The third-order valence-electron chi connectivity index (χ3n) is 4.58. The number of esters is 1. The van der Waals surface area contributed by atoms with Crippen LogP contribution in [0, 0.1) is 6.92 Å².